The van der Waals surface area contributed by atoms with E-state index in [-0.39, 0.29) is 15.0 Å². The molecule has 0 saturated carbocycles. The van der Waals surface area contributed by atoms with Crippen molar-refractivity contribution in [2.75, 3.05) is 5.73 Å². The van der Waals surface area contributed by atoms with E-state index in [1.54, 1.807) is 22.6 Å². The first-order valence-corrected chi connectivity index (χ1v) is 4.83. The fraction of sp³-hybridized carbons (Fsp3) is 0.143. The minimum absolute atomic E-state index is 0.00111. The Morgan fingerprint density at radius 3 is 2.64 bits per heavy atom. The zero-order valence-corrected chi connectivity index (χ0v) is 9.51. The maximum Gasteiger partial charge on any atom is 0.281 e. The maximum absolute atomic E-state index is 12.3. The van der Waals surface area contributed by atoms with Crippen molar-refractivity contribution in [3.05, 3.63) is 21.0 Å². The lowest BCUT2D eigenvalue weighted by atomic mass is 10.2. The largest absolute Gasteiger partial charge is 0.397 e. The van der Waals surface area contributed by atoms with Crippen LogP contribution in [0, 0.1) is 3.57 Å². The molecule has 0 saturated heterocycles. The first-order valence-electron chi connectivity index (χ1n) is 3.37. The number of alkyl halides is 2. The second-order valence-electron chi connectivity index (χ2n) is 2.37. The predicted molar refractivity (Wildman–Crippen MR) is 56.5 cm³/mol. The van der Waals surface area contributed by atoms with Gasteiger partial charge in [-0.05, 0) is 40.3 Å². The van der Waals surface area contributed by atoms with Gasteiger partial charge in [-0.2, -0.15) is 0 Å². The summed E-state index contributed by atoms with van der Waals surface area (Å²) in [5.41, 5.74) is 4.56. The standard InChI is InChI=1S/C7H4ClF2IN2O/c8-6(14)5-3(12)1-2(11)4(13-5)7(9)10/h1,7H,12H2. The summed E-state index contributed by atoms with van der Waals surface area (Å²) >= 11 is 6.77. The van der Waals surface area contributed by atoms with E-state index in [0.717, 1.165) is 0 Å². The fourth-order valence-corrected chi connectivity index (χ4v) is 1.67. The monoisotopic (exact) mass is 332 g/mol. The van der Waals surface area contributed by atoms with Crippen LogP contribution in [0.4, 0.5) is 14.5 Å². The molecule has 1 aromatic heterocycles. The van der Waals surface area contributed by atoms with Crippen molar-refractivity contribution in [3.8, 4) is 0 Å². The Balaban J connectivity index is 3.34. The van der Waals surface area contributed by atoms with Crippen molar-refractivity contribution in [2.45, 2.75) is 6.43 Å². The predicted octanol–water partition coefficient (Wildman–Crippen LogP) is 2.59. The van der Waals surface area contributed by atoms with Crippen molar-refractivity contribution in [3.63, 3.8) is 0 Å². The van der Waals surface area contributed by atoms with E-state index in [1.165, 1.54) is 6.07 Å². The normalized spacial score (nSPS) is 10.6. The third-order valence-corrected chi connectivity index (χ3v) is 2.47. The van der Waals surface area contributed by atoms with Crippen LogP contribution in [-0.2, 0) is 0 Å². The molecular formula is C7H4ClF2IN2O. The minimum Gasteiger partial charge on any atom is -0.397 e. The molecule has 1 rings (SSSR count). The van der Waals surface area contributed by atoms with Crippen molar-refractivity contribution in [1.82, 2.24) is 4.98 Å². The molecule has 0 bridgehead atoms. The summed E-state index contributed by atoms with van der Waals surface area (Å²) < 4.78 is 24.9. The number of carbonyl (C=O) groups excluding carboxylic acids is 1. The van der Waals surface area contributed by atoms with Crippen LogP contribution in [0.1, 0.15) is 22.6 Å². The van der Waals surface area contributed by atoms with E-state index >= 15 is 0 Å². The van der Waals surface area contributed by atoms with Crippen molar-refractivity contribution in [2.24, 2.45) is 0 Å². The molecule has 2 N–H and O–H groups in total. The summed E-state index contributed by atoms with van der Waals surface area (Å²) in [6.45, 7) is 0. The second-order valence-corrected chi connectivity index (χ2v) is 3.87. The Bertz CT molecular complexity index is 386. The smallest absolute Gasteiger partial charge is 0.281 e. The molecular weight excluding hydrogens is 328 g/mol. The van der Waals surface area contributed by atoms with Crippen molar-refractivity contribution in [1.29, 1.82) is 0 Å². The second kappa shape index (κ2) is 4.35. The molecule has 7 heteroatoms. The van der Waals surface area contributed by atoms with Gasteiger partial charge >= 0.3 is 0 Å². The average Bonchev–Trinajstić information content (AvgIpc) is 2.02. The van der Waals surface area contributed by atoms with Crippen LogP contribution in [-0.4, -0.2) is 10.2 Å². The summed E-state index contributed by atoms with van der Waals surface area (Å²) in [6, 6.07) is 1.24. The molecule has 14 heavy (non-hydrogen) atoms. The Morgan fingerprint density at radius 2 is 2.21 bits per heavy atom. The number of pyridine rings is 1. The molecule has 0 radical (unpaired) electrons. The number of carbonyl (C=O) groups is 1. The molecule has 0 fully saturated rings. The number of rotatable bonds is 2. The SMILES string of the molecule is Nc1cc(I)c(C(F)F)nc1C(=O)Cl. The molecule has 0 atom stereocenters. The van der Waals surface area contributed by atoms with E-state index < -0.39 is 17.4 Å². The van der Waals surface area contributed by atoms with Gasteiger partial charge in [-0.3, -0.25) is 4.79 Å². The third-order valence-electron chi connectivity index (χ3n) is 1.43. The van der Waals surface area contributed by atoms with Crippen molar-refractivity contribution >= 4 is 45.1 Å². The number of halogens is 4. The van der Waals surface area contributed by atoms with Crippen molar-refractivity contribution < 1.29 is 13.6 Å². The van der Waals surface area contributed by atoms with Gasteiger partial charge in [0.05, 0.1) is 5.69 Å². The van der Waals surface area contributed by atoms with Crippen LogP contribution in [0.15, 0.2) is 6.07 Å². The van der Waals surface area contributed by atoms with Crippen LogP contribution < -0.4 is 5.73 Å². The minimum atomic E-state index is -2.75. The van der Waals surface area contributed by atoms with Crippen LogP contribution in [0.25, 0.3) is 0 Å². The first kappa shape index (κ1) is 11.6. The quantitative estimate of drug-likeness (QED) is 0.669. The van der Waals surface area contributed by atoms with Gasteiger partial charge in [0, 0.05) is 3.57 Å². The molecule has 0 amide bonds. The van der Waals surface area contributed by atoms with Gasteiger partial charge in [-0.15, -0.1) is 0 Å². The van der Waals surface area contributed by atoms with Gasteiger partial charge < -0.3 is 5.73 Å². The molecule has 1 aromatic rings. The molecule has 1 heterocycles. The molecule has 0 aromatic carbocycles. The molecule has 0 spiro atoms. The van der Waals surface area contributed by atoms with Gasteiger partial charge in [0.1, 0.15) is 11.4 Å². The number of hydrogen-bond donors (Lipinski definition) is 1. The fourth-order valence-electron chi connectivity index (χ4n) is 0.828. The number of hydrogen-bond acceptors (Lipinski definition) is 3. The highest BCUT2D eigenvalue weighted by atomic mass is 127. The zero-order chi connectivity index (χ0) is 10.9. The topological polar surface area (TPSA) is 56.0 Å². The summed E-state index contributed by atoms with van der Waals surface area (Å²) in [6.07, 6.45) is -2.75. The molecule has 76 valence electrons. The highest BCUT2D eigenvalue weighted by Gasteiger charge is 2.18. The number of nitrogens with two attached hydrogens (primary N) is 1. The Hall–Kier alpha value is -0.500. The lowest BCUT2D eigenvalue weighted by molar-refractivity contribution is 0.107. The van der Waals surface area contributed by atoms with Crippen LogP contribution in [0.5, 0.6) is 0 Å². The lowest BCUT2D eigenvalue weighted by Gasteiger charge is -2.06. The van der Waals surface area contributed by atoms with Crippen LogP contribution >= 0.6 is 34.2 Å². The van der Waals surface area contributed by atoms with E-state index in [1.807, 2.05) is 0 Å². The van der Waals surface area contributed by atoms with Crippen LogP contribution in [0.2, 0.25) is 0 Å². The highest BCUT2D eigenvalue weighted by molar-refractivity contribution is 14.1. The summed E-state index contributed by atoms with van der Waals surface area (Å²) in [4.78, 5) is 14.1. The van der Waals surface area contributed by atoms with Gasteiger partial charge in [-0.25, -0.2) is 13.8 Å². The Morgan fingerprint density at radius 1 is 1.64 bits per heavy atom. The van der Waals surface area contributed by atoms with Gasteiger partial charge in [0.25, 0.3) is 11.7 Å². The van der Waals surface area contributed by atoms with E-state index in [0.29, 0.717) is 0 Å². The summed E-state index contributed by atoms with van der Waals surface area (Å²) in [7, 11) is 0. The summed E-state index contributed by atoms with van der Waals surface area (Å²) in [5.74, 6) is 0. The molecule has 0 aliphatic rings. The van der Waals surface area contributed by atoms with Gasteiger partial charge in [0.2, 0.25) is 0 Å². The third kappa shape index (κ3) is 2.30. The van der Waals surface area contributed by atoms with E-state index in [4.69, 9.17) is 17.3 Å². The Labute approximate surface area is 96.8 Å². The average molecular weight is 332 g/mol. The van der Waals surface area contributed by atoms with E-state index in [9.17, 15) is 13.6 Å². The molecule has 0 aliphatic heterocycles. The van der Waals surface area contributed by atoms with Crippen LogP contribution in [0.3, 0.4) is 0 Å². The summed E-state index contributed by atoms with van der Waals surface area (Å²) in [5, 5.41) is -0.944. The number of aromatic nitrogens is 1. The van der Waals surface area contributed by atoms with Gasteiger partial charge in [0.15, 0.2) is 0 Å². The van der Waals surface area contributed by atoms with Gasteiger partial charge in [-0.1, -0.05) is 0 Å². The zero-order valence-electron chi connectivity index (χ0n) is 6.60. The molecule has 0 aliphatic carbocycles. The lowest BCUT2D eigenvalue weighted by Crippen LogP contribution is -2.06. The molecule has 3 nitrogen and oxygen atoms in total. The maximum atomic E-state index is 12.3. The number of nitrogens with zero attached hydrogens (tertiary/aromatic N) is 1. The Kier molecular flexibility index (Phi) is 3.59. The van der Waals surface area contributed by atoms with E-state index in [2.05, 4.69) is 4.98 Å². The molecule has 0 unspecified atom stereocenters. The number of anilines is 1. The highest BCUT2D eigenvalue weighted by Crippen LogP contribution is 2.26. The first-order chi connectivity index (χ1) is 6.43. The number of nitrogen functional groups attached to an aromatic ring is 1.